The third kappa shape index (κ3) is 3.70. The van der Waals surface area contributed by atoms with Gasteiger partial charge in [0.15, 0.2) is 6.61 Å². The number of hydrogen-bond acceptors (Lipinski definition) is 6. The molecule has 0 aliphatic heterocycles. The van der Waals surface area contributed by atoms with E-state index in [0.717, 1.165) is 15.8 Å². The summed E-state index contributed by atoms with van der Waals surface area (Å²) >= 11 is 7.64. The zero-order valence-electron chi connectivity index (χ0n) is 12.5. The number of nitrogens with one attached hydrogen (secondary N) is 1. The molecule has 0 saturated heterocycles. The molecule has 0 amide bonds. The number of aromatic nitrogens is 3. The number of ether oxygens (including phenoxy) is 1. The van der Waals surface area contributed by atoms with Crippen molar-refractivity contribution in [3.05, 3.63) is 40.6 Å². The van der Waals surface area contributed by atoms with Crippen LogP contribution in [0.15, 0.2) is 30.0 Å². The Morgan fingerprint density at radius 1 is 1.29 bits per heavy atom. The van der Waals surface area contributed by atoms with Gasteiger partial charge in [0.05, 0.1) is 16.5 Å². The van der Waals surface area contributed by atoms with E-state index >= 15 is 0 Å². The van der Waals surface area contributed by atoms with Crippen LogP contribution in [0.4, 0.5) is 14.6 Å². The van der Waals surface area contributed by atoms with Gasteiger partial charge in [-0.3, -0.25) is 0 Å². The number of thiophene rings is 1. The molecule has 24 heavy (non-hydrogen) atoms. The molecule has 3 aromatic rings. The highest BCUT2D eigenvalue weighted by molar-refractivity contribution is 7.17. The standard InChI is InChI=1S/C15H13ClF2N4OS/c1-8(9-2-3-12(19-4-9)23-5-11(17)18)22-14-13-10(16)6-24-15(13)21-7-20-14/h2-4,6-8,11H,5H2,1H3,(H,20,21,22). The average molecular weight is 371 g/mol. The molecule has 0 aromatic carbocycles. The molecule has 0 radical (unpaired) electrons. The van der Waals surface area contributed by atoms with Crippen molar-refractivity contribution in [2.75, 3.05) is 11.9 Å². The number of pyridine rings is 1. The largest absolute Gasteiger partial charge is 0.472 e. The predicted molar refractivity (Wildman–Crippen MR) is 90.2 cm³/mol. The zero-order valence-corrected chi connectivity index (χ0v) is 14.1. The van der Waals surface area contributed by atoms with E-state index in [0.29, 0.717) is 10.8 Å². The van der Waals surface area contributed by atoms with Gasteiger partial charge in [0, 0.05) is 17.6 Å². The van der Waals surface area contributed by atoms with E-state index in [-0.39, 0.29) is 11.9 Å². The molecule has 5 nitrogen and oxygen atoms in total. The molecule has 1 atom stereocenters. The van der Waals surface area contributed by atoms with Gasteiger partial charge < -0.3 is 10.1 Å². The van der Waals surface area contributed by atoms with Crippen LogP contribution in [0.3, 0.4) is 0 Å². The lowest BCUT2D eigenvalue weighted by molar-refractivity contribution is 0.0796. The van der Waals surface area contributed by atoms with E-state index in [9.17, 15) is 8.78 Å². The van der Waals surface area contributed by atoms with Crippen molar-refractivity contribution in [2.24, 2.45) is 0 Å². The second kappa shape index (κ2) is 7.23. The zero-order chi connectivity index (χ0) is 17.1. The number of nitrogens with zero attached hydrogens (tertiary/aromatic N) is 3. The Hall–Kier alpha value is -2.06. The fraction of sp³-hybridized carbons (Fsp3) is 0.267. The van der Waals surface area contributed by atoms with Crippen LogP contribution in [0.25, 0.3) is 10.2 Å². The van der Waals surface area contributed by atoms with Crippen LogP contribution in [-0.4, -0.2) is 28.0 Å². The van der Waals surface area contributed by atoms with Crippen molar-refractivity contribution in [1.82, 2.24) is 15.0 Å². The minimum absolute atomic E-state index is 0.115. The quantitative estimate of drug-likeness (QED) is 0.689. The van der Waals surface area contributed by atoms with Gasteiger partial charge in [-0.2, -0.15) is 0 Å². The molecule has 0 aliphatic rings. The number of hydrogen-bond donors (Lipinski definition) is 1. The Bertz CT molecular complexity index is 828. The molecule has 1 unspecified atom stereocenters. The van der Waals surface area contributed by atoms with Crippen molar-refractivity contribution < 1.29 is 13.5 Å². The van der Waals surface area contributed by atoms with E-state index in [1.54, 1.807) is 18.3 Å². The molecule has 0 fully saturated rings. The summed E-state index contributed by atoms with van der Waals surface area (Å²) in [5, 5.41) is 6.46. The Balaban J connectivity index is 1.74. The van der Waals surface area contributed by atoms with Gasteiger partial charge in [0.2, 0.25) is 5.88 Å². The van der Waals surface area contributed by atoms with Gasteiger partial charge in [0.1, 0.15) is 17.0 Å². The van der Waals surface area contributed by atoms with Gasteiger partial charge in [-0.1, -0.05) is 17.7 Å². The summed E-state index contributed by atoms with van der Waals surface area (Å²) in [6.07, 6.45) is 0.526. The fourth-order valence-corrected chi connectivity index (χ4v) is 3.25. The van der Waals surface area contributed by atoms with Gasteiger partial charge in [-0.25, -0.2) is 23.7 Å². The molecule has 9 heteroatoms. The first kappa shape index (κ1) is 16.8. The van der Waals surface area contributed by atoms with Gasteiger partial charge in [0.25, 0.3) is 6.43 Å². The topological polar surface area (TPSA) is 59.9 Å². The minimum atomic E-state index is -2.53. The molecule has 0 aliphatic carbocycles. The Labute approximate surface area is 145 Å². The average Bonchev–Trinajstić information content (AvgIpc) is 2.96. The second-order valence-corrected chi connectivity index (χ2v) is 6.25. The van der Waals surface area contributed by atoms with Gasteiger partial charge in [-0.05, 0) is 12.5 Å². The summed E-state index contributed by atoms with van der Waals surface area (Å²) < 4.78 is 29.1. The molecule has 3 rings (SSSR count). The molecule has 126 valence electrons. The Morgan fingerprint density at radius 3 is 2.83 bits per heavy atom. The molecule has 0 spiro atoms. The van der Waals surface area contributed by atoms with Crippen molar-refractivity contribution in [1.29, 1.82) is 0 Å². The third-order valence-corrected chi connectivity index (χ3v) is 4.61. The van der Waals surface area contributed by atoms with Crippen LogP contribution in [-0.2, 0) is 0 Å². The maximum absolute atomic E-state index is 12.1. The normalized spacial score (nSPS) is 12.5. The Morgan fingerprint density at radius 2 is 2.12 bits per heavy atom. The molecule has 0 saturated carbocycles. The Kier molecular flexibility index (Phi) is 5.06. The summed E-state index contributed by atoms with van der Waals surface area (Å²) in [7, 11) is 0. The summed E-state index contributed by atoms with van der Waals surface area (Å²) in [6.45, 7) is 1.26. The molecular formula is C15H13ClF2N4OS. The maximum Gasteiger partial charge on any atom is 0.272 e. The second-order valence-electron chi connectivity index (χ2n) is 4.98. The molecule has 0 bridgehead atoms. The van der Waals surface area contributed by atoms with Crippen molar-refractivity contribution >= 4 is 39.0 Å². The highest BCUT2D eigenvalue weighted by Crippen LogP contribution is 2.34. The summed E-state index contributed by atoms with van der Waals surface area (Å²) in [5.41, 5.74) is 0.859. The van der Waals surface area contributed by atoms with Gasteiger partial charge in [-0.15, -0.1) is 11.3 Å². The molecule has 1 N–H and O–H groups in total. The van der Waals surface area contributed by atoms with Crippen LogP contribution in [0.1, 0.15) is 18.5 Å². The SMILES string of the molecule is CC(Nc1ncnc2scc(Cl)c12)c1ccc(OCC(F)F)nc1. The summed E-state index contributed by atoms with van der Waals surface area (Å²) in [6, 6.07) is 3.21. The number of halogens is 3. The van der Waals surface area contributed by atoms with Crippen LogP contribution >= 0.6 is 22.9 Å². The summed E-state index contributed by atoms with van der Waals surface area (Å²) in [5.74, 6) is 0.799. The fourth-order valence-electron chi connectivity index (χ4n) is 2.12. The lowest BCUT2D eigenvalue weighted by Crippen LogP contribution is -2.10. The smallest absolute Gasteiger partial charge is 0.272 e. The highest BCUT2D eigenvalue weighted by atomic mass is 35.5. The highest BCUT2D eigenvalue weighted by Gasteiger charge is 2.14. The van der Waals surface area contributed by atoms with Gasteiger partial charge >= 0.3 is 0 Å². The predicted octanol–water partition coefficient (Wildman–Crippen LogP) is 4.56. The first-order valence-corrected chi connectivity index (χ1v) is 8.31. The number of anilines is 1. The van der Waals surface area contributed by atoms with Crippen molar-refractivity contribution in [2.45, 2.75) is 19.4 Å². The van der Waals surface area contributed by atoms with Crippen molar-refractivity contribution in [3.8, 4) is 5.88 Å². The monoisotopic (exact) mass is 370 g/mol. The van der Waals surface area contributed by atoms with Crippen LogP contribution < -0.4 is 10.1 Å². The van der Waals surface area contributed by atoms with Crippen LogP contribution in [0, 0.1) is 0 Å². The lowest BCUT2D eigenvalue weighted by Gasteiger charge is -2.15. The van der Waals surface area contributed by atoms with E-state index in [1.165, 1.54) is 17.7 Å². The van der Waals surface area contributed by atoms with Crippen LogP contribution in [0.2, 0.25) is 5.02 Å². The van der Waals surface area contributed by atoms with E-state index in [2.05, 4.69) is 20.3 Å². The summed E-state index contributed by atoms with van der Waals surface area (Å²) in [4.78, 5) is 13.3. The first-order chi connectivity index (χ1) is 11.5. The van der Waals surface area contributed by atoms with Crippen LogP contribution in [0.5, 0.6) is 5.88 Å². The van der Waals surface area contributed by atoms with E-state index in [4.69, 9.17) is 16.3 Å². The number of alkyl halides is 2. The molecule has 3 aromatic heterocycles. The van der Waals surface area contributed by atoms with E-state index < -0.39 is 13.0 Å². The number of fused-ring (bicyclic) bond motifs is 1. The minimum Gasteiger partial charge on any atom is -0.472 e. The lowest BCUT2D eigenvalue weighted by atomic mass is 10.1. The number of rotatable bonds is 6. The molecule has 3 heterocycles. The van der Waals surface area contributed by atoms with Crippen molar-refractivity contribution in [3.63, 3.8) is 0 Å². The third-order valence-electron chi connectivity index (χ3n) is 3.29. The first-order valence-electron chi connectivity index (χ1n) is 7.05. The van der Waals surface area contributed by atoms with E-state index in [1.807, 2.05) is 12.3 Å². The maximum atomic E-state index is 12.1. The molecular weight excluding hydrogens is 358 g/mol.